The summed E-state index contributed by atoms with van der Waals surface area (Å²) in [6.07, 6.45) is 0. The number of carbonyl (C=O) groups excluding carboxylic acids is 1. The number of halogens is 2. The topological polar surface area (TPSA) is 67.2 Å². The van der Waals surface area contributed by atoms with Crippen molar-refractivity contribution < 1.29 is 4.79 Å². The highest BCUT2D eigenvalue weighted by molar-refractivity contribution is 7.80. The number of amides is 1. The third-order valence-corrected chi connectivity index (χ3v) is 3.59. The van der Waals surface area contributed by atoms with E-state index in [9.17, 15) is 4.79 Å². The van der Waals surface area contributed by atoms with Crippen LogP contribution in [0.2, 0.25) is 10.0 Å². The van der Waals surface area contributed by atoms with Crippen LogP contribution in [0.25, 0.3) is 0 Å². The standard InChI is InChI=1S/C12H11Cl2N3OS/c1-5-9(11(15)18)10(17-12(19)16-5)7-3-2-6(13)4-8(7)14/h2-4,10H,1H3,(H2,15,18)(H2,16,17,19)/t10-/m1/s1. The van der Waals surface area contributed by atoms with Crippen LogP contribution >= 0.6 is 35.4 Å². The fourth-order valence-electron chi connectivity index (χ4n) is 1.99. The minimum Gasteiger partial charge on any atom is -0.366 e. The Morgan fingerprint density at radius 1 is 1.42 bits per heavy atom. The number of thiocarbonyl (C=S) groups is 1. The molecule has 1 atom stereocenters. The van der Waals surface area contributed by atoms with Crippen molar-refractivity contribution in [3.8, 4) is 0 Å². The van der Waals surface area contributed by atoms with Crippen LogP contribution in [0.1, 0.15) is 18.5 Å². The molecule has 0 unspecified atom stereocenters. The van der Waals surface area contributed by atoms with E-state index in [0.717, 1.165) is 0 Å². The van der Waals surface area contributed by atoms with Gasteiger partial charge in [-0.05, 0) is 36.8 Å². The van der Waals surface area contributed by atoms with Crippen LogP contribution in [0.5, 0.6) is 0 Å². The van der Waals surface area contributed by atoms with E-state index in [-0.39, 0.29) is 0 Å². The number of hydrogen-bond donors (Lipinski definition) is 3. The zero-order chi connectivity index (χ0) is 14.2. The van der Waals surface area contributed by atoms with Crippen LogP contribution < -0.4 is 16.4 Å². The molecule has 0 saturated heterocycles. The van der Waals surface area contributed by atoms with Gasteiger partial charge >= 0.3 is 0 Å². The first kappa shape index (κ1) is 14.1. The number of hydrogen-bond acceptors (Lipinski definition) is 2. The Labute approximate surface area is 125 Å². The molecule has 1 amide bonds. The SMILES string of the molecule is CC1=C(C(N)=O)[C@@H](c2ccc(Cl)cc2Cl)NC(=S)N1. The molecule has 100 valence electrons. The summed E-state index contributed by atoms with van der Waals surface area (Å²) < 4.78 is 0. The van der Waals surface area contributed by atoms with Crippen molar-refractivity contribution in [2.45, 2.75) is 13.0 Å². The van der Waals surface area contributed by atoms with Gasteiger partial charge in [-0.25, -0.2) is 0 Å². The number of carbonyl (C=O) groups is 1. The second kappa shape index (κ2) is 5.36. The lowest BCUT2D eigenvalue weighted by Gasteiger charge is -2.30. The molecule has 0 fully saturated rings. The summed E-state index contributed by atoms with van der Waals surface area (Å²) >= 11 is 17.1. The third-order valence-electron chi connectivity index (χ3n) is 2.81. The minimum atomic E-state index is -0.531. The molecule has 0 aliphatic carbocycles. The zero-order valence-electron chi connectivity index (χ0n) is 9.96. The van der Waals surface area contributed by atoms with Crippen LogP contribution in [0.4, 0.5) is 0 Å². The molecule has 0 bridgehead atoms. The van der Waals surface area contributed by atoms with Gasteiger partial charge < -0.3 is 16.4 Å². The Kier molecular flexibility index (Phi) is 3.99. The summed E-state index contributed by atoms with van der Waals surface area (Å²) in [6.45, 7) is 1.74. The molecular weight excluding hydrogens is 305 g/mol. The molecule has 0 saturated carbocycles. The molecule has 4 N–H and O–H groups in total. The second-order valence-electron chi connectivity index (χ2n) is 4.10. The van der Waals surface area contributed by atoms with E-state index in [2.05, 4.69) is 10.6 Å². The molecule has 0 radical (unpaired) electrons. The fraction of sp³-hybridized carbons (Fsp3) is 0.167. The van der Waals surface area contributed by atoms with Gasteiger partial charge in [0.15, 0.2) is 5.11 Å². The zero-order valence-corrected chi connectivity index (χ0v) is 12.3. The summed E-state index contributed by atoms with van der Waals surface area (Å²) in [5, 5.41) is 7.24. The summed E-state index contributed by atoms with van der Waals surface area (Å²) in [7, 11) is 0. The lowest BCUT2D eigenvalue weighted by atomic mass is 9.95. The van der Waals surface area contributed by atoms with E-state index in [1.165, 1.54) is 0 Å². The number of nitrogens with one attached hydrogen (secondary N) is 2. The smallest absolute Gasteiger partial charge is 0.248 e. The highest BCUT2D eigenvalue weighted by atomic mass is 35.5. The highest BCUT2D eigenvalue weighted by Gasteiger charge is 2.29. The largest absolute Gasteiger partial charge is 0.366 e. The maximum Gasteiger partial charge on any atom is 0.248 e. The number of primary amides is 1. The van der Waals surface area contributed by atoms with Crippen molar-refractivity contribution in [3.63, 3.8) is 0 Å². The lowest BCUT2D eigenvalue weighted by Crippen LogP contribution is -2.46. The predicted molar refractivity (Wildman–Crippen MR) is 80.0 cm³/mol. The predicted octanol–water partition coefficient (Wildman–Crippen LogP) is 2.27. The number of benzene rings is 1. The van der Waals surface area contributed by atoms with Crippen LogP contribution in [0, 0.1) is 0 Å². The summed E-state index contributed by atoms with van der Waals surface area (Å²) in [5.41, 5.74) is 7.14. The van der Waals surface area contributed by atoms with E-state index >= 15 is 0 Å². The Balaban J connectivity index is 2.55. The maximum atomic E-state index is 11.6. The van der Waals surface area contributed by atoms with Gasteiger partial charge in [-0.2, -0.15) is 0 Å². The Morgan fingerprint density at radius 2 is 2.11 bits per heavy atom. The molecule has 0 spiro atoms. The van der Waals surface area contributed by atoms with Crippen LogP contribution in [-0.4, -0.2) is 11.0 Å². The fourth-order valence-corrected chi connectivity index (χ4v) is 2.78. The second-order valence-corrected chi connectivity index (χ2v) is 5.35. The van der Waals surface area contributed by atoms with Gasteiger partial charge in [-0.15, -0.1) is 0 Å². The van der Waals surface area contributed by atoms with Crippen molar-refractivity contribution in [2.75, 3.05) is 0 Å². The monoisotopic (exact) mass is 315 g/mol. The van der Waals surface area contributed by atoms with Crippen LogP contribution in [0.15, 0.2) is 29.5 Å². The minimum absolute atomic E-state index is 0.401. The number of allylic oxidation sites excluding steroid dienone is 1. The first-order chi connectivity index (χ1) is 8.90. The van der Waals surface area contributed by atoms with Crippen molar-refractivity contribution >= 4 is 46.4 Å². The number of rotatable bonds is 2. The normalized spacial score (nSPS) is 18.9. The van der Waals surface area contributed by atoms with E-state index in [0.29, 0.717) is 32.0 Å². The van der Waals surface area contributed by atoms with Gasteiger partial charge in [-0.3, -0.25) is 4.79 Å². The Bertz CT molecular complexity index is 601. The molecular formula is C12H11Cl2N3OS. The molecule has 1 aliphatic rings. The van der Waals surface area contributed by atoms with Crippen molar-refractivity contribution in [2.24, 2.45) is 5.73 Å². The molecule has 1 aromatic carbocycles. The third kappa shape index (κ3) is 2.83. The molecule has 4 nitrogen and oxygen atoms in total. The van der Waals surface area contributed by atoms with Crippen LogP contribution in [-0.2, 0) is 4.79 Å². The lowest BCUT2D eigenvalue weighted by molar-refractivity contribution is -0.115. The Morgan fingerprint density at radius 3 is 2.68 bits per heavy atom. The average Bonchev–Trinajstić information content (AvgIpc) is 2.26. The van der Waals surface area contributed by atoms with Gasteiger partial charge in [-0.1, -0.05) is 29.3 Å². The van der Waals surface area contributed by atoms with Crippen molar-refractivity contribution in [1.29, 1.82) is 0 Å². The van der Waals surface area contributed by atoms with E-state index in [4.69, 9.17) is 41.2 Å². The molecule has 1 aliphatic heterocycles. The van der Waals surface area contributed by atoms with E-state index in [1.807, 2.05) is 0 Å². The quantitative estimate of drug-likeness (QED) is 0.732. The van der Waals surface area contributed by atoms with Crippen molar-refractivity contribution in [1.82, 2.24) is 10.6 Å². The summed E-state index contributed by atoms with van der Waals surface area (Å²) in [5.74, 6) is -0.531. The van der Waals surface area contributed by atoms with Crippen LogP contribution in [0.3, 0.4) is 0 Å². The molecule has 7 heteroatoms. The molecule has 1 aromatic rings. The first-order valence-corrected chi connectivity index (χ1v) is 6.59. The Hall–Kier alpha value is -1.30. The first-order valence-electron chi connectivity index (χ1n) is 5.43. The molecule has 2 rings (SSSR count). The van der Waals surface area contributed by atoms with Gasteiger partial charge in [0.1, 0.15) is 0 Å². The summed E-state index contributed by atoms with van der Waals surface area (Å²) in [6, 6.07) is 4.57. The van der Waals surface area contributed by atoms with E-state index < -0.39 is 11.9 Å². The average molecular weight is 316 g/mol. The van der Waals surface area contributed by atoms with E-state index in [1.54, 1.807) is 25.1 Å². The highest BCUT2D eigenvalue weighted by Crippen LogP contribution is 2.32. The molecule has 19 heavy (non-hydrogen) atoms. The maximum absolute atomic E-state index is 11.6. The van der Waals surface area contributed by atoms with Gasteiger partial charge in [0, 0.05) is 15.7 Å². The number of nitrogens with two attached hydrogens (primary N) is 1. The van der Waals surface area contributed by atoms with Gasteiger partial charge in [0.2, 0.25) is 5.91 Å². The van der Waals surface area contributed by atoms with Gasteiger partial charge in [0.25, 0.3) is 0 Å². The van der Waals surface area contributed by atoms with Crippen molar-refractivity contribution in [3.05, 3.63) is 45.1 Å². The summed E-state index contributed by atoms with van der Waals surface area (Å²) in [4.78, 5) is 11.6. The molecule has 0 aromatic heterocycles. The van der Waals surface area contributed by atoms with Gasteiger partial charge in [0.05, 0.1) is 11.6 Å². The molecule has 1 heterocycles.